The molecule has 0 aliphatic carbocycles. The Labute approximate surface area is 121 Å². The van der Waals surface area contributed by atoms with Crippen LogP contribution >= 0.6 is 0 Å². The largest absolute Gasteiger partial charge is 0.497 e. The summed E-state index contributed by atoms with van der Waals surface area (Å²) in [4.78, 5) is 36.6. The zero-order chi connectivity index (χ0) is 15.6. The minimum Gasteiger partial charge on any atom is -0.497 e. The fourth-order valence-electron chi connectivity index (χ4n) is 2.06. The fourth-order valence-corrected chi connectivity index (χ4v) is 2.06. The normalized spacial score (nSPS) is 14.2. The maximum Gasteiger partial charge on any atom is 0.333 e. The van der Waals surface area contributed by atoms with E-state index in [0.717, 1.165) is 0 Å². The maximum atomic E-state index is 12.0. The molecule has 1 amide bonds. The molecule has 0 saturated heterocycles. The smallest absolute Gasteiger partial charge is 0.333 e. The van der Waals surface area contributed by atoms with Gasteiger partial charge in [-0.3, -0.25) is 9.59 Å². The van der Waals surface area contributed by atoms with Crippen LogP contribution in [0, 0.1) is 0 Å². The summed E-state index contributed by atoms with van der Waals surface area (Å²) in [6.07, 6.45) is 1.55. The Morgan fingerprint density at radius 1 is 1.29 bits per heavy atom. The highest BCUT2D eigenvalue weighted by atomic mass is 16.5. The van der Waals surface area contributed by atoms with Crippen LogP contribution in [0.15, 0.2) is 29.8 Å². The van der Waals surface area contributed by atoms with Crippen LogP contribution in [0.4, 0.5) is 5.69 Å². The van der Waals surface area contributed by atoms with E-state index in [9.17, 15) is 14.4 Å². The van der Waals surface area contributed by atoms with Gasteiger partial charge in [-0.2, -0.15) is 0 Å². The second-order valence-corrected chi connectivity index (χ2v) is 4.51. The van der Waals surface area contributed by atoms with E-state index in [2.05, 4.69) is 4.74 Å². The average Bonchev–Trinajstić information content (AvgIpc) is 2.75. The number of ketones is 1. The van der Waals surface area contributed by atoms with Gasteiger partial charge in [-0.1, -0.05) is 6.08 Å². The van der Waals surface area contributed by atoms with Crippen LogP contribution in [-0.2, 0) is 14.3 Å². The van der Waals surface area contributed by atoms with Crippen LogP contribution in [0.5, 0.6) is 5.75 Å². The number of hydrogen-bond donors (Lipinski definition) is 0. The Morgan fingerprint density at radius 3 is 2.62 bits per heavy atom. The SMILES string of the molecule is COC(=O)C(C)=CCN1C(=O)C(=O)c2cc(OC)ccc21. The third-order valence-electron chi connectivity index (χ3n) is 3.27. The van der Waals surface area contributed by atoms with Crippen molar-refractivity contribution in [1.82, 2.24) is 0 Å². The lowest BCUT2D eigenvalue weighted by Crippen LogP contribution is -2.30. The molecule has 21 heavy (non-hydrogen) atoms. The molecule has 0 radical (unpaired) electrons. The minimum atomic E-state index is -0.618. The van der Waals surface area contributed by atoms with E-state index in [-0.39, 0.29) is 6.54 Å². The number of fused-ring (bicyclic) bond motifs is 1. The lowest BCUT2D eigenvalue weighted by molar-refractivity contribution is -0.136. The molecule has 1 aromatic rings. The summed E-state index contributed by atoms with van der Waals surface area (Å²) in [6, 6.07) is 4.86. The van der Waals surface area contributed by atoms with Crippen molar-refractivity contribution >= 4 is 23.3 Å². The molecule has 2 rings (SSSR count). The van der Waals surface area contributed by atoms with Crippen molar-refractivity contribution in [3.05, 3.63) is 35.4 Å². The number of esters is 1. The van der Waals surface area contributed by atoms with E-state index in [0.29, 0.717) is 22.6 Å². The van der Waals surface area contributed by atoms with Gasteiger partial charge in [0, 0.05) is 12.1 Å². The Kier molecular flexibility index (Phi) is 4.07. The van der Waals surface area contributed by atoms with Gasteiger partial charge in [0.2, 0.25) is 0 Å². The number of carbonyl (C=O) groups is 3. The first-order chi connectivity index (χ1) is 9.99. The number of anilines is 1. The lowest BCUT2D eigenvalue weighted by atomic mass is 10.1. The van der Waals surface area contributed by atoms with Crippen molar-refractivity contribution in [2.75, 3.05) is 25.7 Å². The zero-order valence-corrected chi connectivity index (χ0v) is 12.0. The van der Waals surface area contributed by atoms with Crippen molar-refractivity contribution < 1.29 is 23.9 Å². The van der Waals surface area contributed by atoms with Crippen molar-refractivity contribution in [2.24, 2.45) is 0 Å². The van der Waals surface area contributed by atoms with Gasteiger partial charge in [-0.15, -0.1) is 0 Å². The molecule has 0 aromatic heterocycles. The van der Waals surface area contributed by atoms with Crippen molar-refractivity contribution in [3.8, 4) is 5.75 Å². The van der Waals surface area contributed by atoms with Gasteiger partial charge in [0.25, 0.3) is 11.7 Å². The van der Waals surface area contributed by atoms with E-state index in [4.69, 9.17) is 4.74 Å². The molecule has 0 bridgehead atoms. The molecule has 1 aliphatic rings. The van der Waals surface area contributed by atoms with Crippen molar-refractivity contribution in [1.29, 1.82) is 0 Å². The third kappa shape index (κ3) is 2.65. The summed E-state index contributed by atoms with van der Waals surface area (Å²) >= 11 is 0. The van der Waals surface area contributed by atoms with Gasteiger partial charge in [0.1, 0.15) is 5.75 Å². The van der Waals surface area contributed by atoms with Gasteiger partial charge in [0.15, 0.2) is 0 Å². The van der Waals surface area contributed by atoms with E-state index in [1.807, 2.05) is 0 Å². The topological polar surface area (TPSA) is 72.9 Å². The molecule has 0 unspecified atom stereocenters. The highest BCUT2D eigenvalue weighted by Gasteiger charge is 2.35. The predicted octanol–water partition coefficient (Wildman–Crippen LogP) is 1.34. The number of rotatable bonds is 4. The molecule has 0 N–H and O–H groups in total. The lowest BCUT2D eigenvalue weighted by Gasteiger charge is -2.14. The summed E-state index contributed by atoms with van der Waals surface area (Å²) in [5.41, 5.74) is 1.20. The molecule has 110 valence electrons. The minimum absolute atomic E-state index is 0.130. The molecule has 1 aliphatic heterocycles. The first-order valence-electron chi connectivity index (χ1n) is 6.29. The molecule has 0 atom stereocenters. The first kappa shape index (κ1) is 14.8. The molecule has 0 fully saturated rings. The molecular weight excluding hydrogens is 274 g/mol. The molecule has 1 aromatic carbocycles. The van der Waals surface area contributed by atoms with Crippen LogP contribution in [-0.4, -0.2) is 38.4 Å². The van der Waals surface area contributed by atoms with Crippen LogP contribution in [0.2, 0.25) is 0 Å². The van der Waals surface area contributed by atoms with E-state index < -0.39 is 17.7 Å². The maximum absolute atomic E-state index is 12.0. The van der Waals surface area contributed by atoms with Gasteiger partial charge in [0.05, 0.1) is 25.5 Å². The van der Waals surface area contributed by atoms with E-state index in [1.165, 1.54) is 25.2 Å². The molecule has 6 nitrogen and oxygen atoms in total. The number of methoxy groups -OCH3 is 2. The summed E-state index contributed by atoms with van der Waals surface area (Å²) in [5.74, 6) is -1.15. The van der Waals surface area contributed by atoms with Crippen LogP contribution in [0.25, 0.3) is 0 Å². The van der Waals surface area contributed by atoms with Crippen LogP contribution in [0.1, 0.15) is 17.3 Å². The van der Waals surface area contributed by atoms with Gasteiger partial charge < -0.3 is 14.4 Å². The fraction of sp³-hybridized carbons (Fsp3) is 0.267. The molecule has 1 heterocycles. The summed E-state index contributed by atoms with van der Waals surface area (Å²) in [6.45, 7) is 1.72. The van der Waals surface area contributed by atoms with Crippen molar-refractivity contribution in [2.45, 2.75) is 6.92 Å². The van der Waals surface area contributed by atoms with Gasteiger partial charge >= 0.3 is 5.97 Å². The molecule has 6 heteroatoms. The summed E-state index contributed by atoms with van der Waals surface area (Å²) < 4.78 is 9.63. The van der Waals surface area contributed by atoms with E-state index >= 15 is 0 Å². The van der Waals surface area contributed by atoms with Crippen LogP contribution < -0.4 is 9.64 Å². The summed E-state index contributed by atoms with van der Waals surface area (Å²) in [7, 11) is 2.77. The number of ether oxygens (including phenoxy) is 2. The molecule has 0 spiro atoms. The quantitative estimate of drug-likeness (QED) is 0.475. The van der Waals surface area contributed by atoms with Gasteiger partial charge in [-0.05, 0) is 25.1 Å². The highest BCUT2D eigenvalue weighted by Crippen LogP contribution is 2.31. The predicted molar refractivity (Wildman–Crippen MR) is 75.5 cm³/mol. The second kappa shape index (κ2) is 5.78. The Bertz CT molecular complexity index is 647. The standard InChI is InChI=1S/C15H15NO5/c1-9(15(19)21-3)6-7-16-12-5-4-10(20-2)8-11(12)13(17)14(16)18/h4-6,8H,7H2,1-3H3. The second-order valence-electron chi connectivity index (χ2n) is 4.51. The number of benzene rings is 1. The number of hydrogen-bond acceptors (Lipinski definition) is 5. The average molecular weight is 289 g/mol. The van der Waals surface area contributed by atoms with Crippen LogP contribution in [0.3, 0.4) is 0 Å². The van der Waals surface area contributed by atoms with Gasteiger partial charge in [-0.25, -0.2) is 4.79 Å². The van der Waals surface area contributed by atoms with E-state index in [1.54, 1.807) is 25.1 Å². The number of Topliss-reactive ketones (excluding diaryl/α,β-unsaturated/α-hetero) is 1. The van der Waals surface area contributed by atoms with Crippen molar-refractivity contribution in [3.63, 3.8) is 0 Å². The number of nitrogens with zero attached hydrogens (tertiary/aromatic N) is 1. The Balaban J connectivity index is 2.29. The Morgan fingerprint density at radius 2 is 2.00 bits per heavy atom. The number of carbonyl (C=O) groups excluding carboxylic acids is 3. The Hall–Kier alpha value is -2.63. The monoisotopic (exact) mass is 289 g/mol. The third-order valence-corrected chi connectivity index (χ3v) is 3.27. The highest BCUT2D eigenvalue weighted by molar-refractivity contribution is 6.52. The summed E-state index contributed by atoms with van der Waals surface area (Å²) in [5, 5.41) is 0. The molecular formula is C15H15NO5. The zero-order valence-electron chi connectivity index (χ0n) is 12.0. The molecule has 0 saturated carbocycles. The number of amides is 1. The first-order valence-corrected chi connectivity index (χ1v) is 6.29.